The Balaban J connectivity index is 2.24. The molecule has 1 aromatic carbocycles. The molecule has 5 nitrogen and oxygen atoms in total. The summed E-state index contributed by atoms with van der Waals surface area (Å²) in [5.41, 5.74) is 0.369. The highest BCUT2D eigenvalue weighted by Crippen LogP contribution is 2.23. The van der Waals surface area contributed by atoms with Crippen molar-refractivity contribution in [3.63, 3.8) is 0 Å². The Bertz CT molecular complexity index is 476. The van der Waals surface area contributed by atoms with Crippen LogP contribution in [0.4, 0.5) is 23.7 Å². The molecule has 23 heavy (non-hydrogen) atoms. The van der Waals surface area contributed by atoms with Crippen LogP contribution in [0.1, 0.15) is 20.3 Å². The fourth-order valence-electron chi connectivity index (χ4n) is 1.61. The Kier molecular flexibility index (Phi) is 7.67. The predicted molar refractivity (Wildman–Crippen MR) is 80.4 cm³/mol. The Morgan fingerprint density at radius 1 is 1.22 bits per heavy atom. The third kappa shape index (κ3) is 9.62. The third-order valence-electron chi connectivity index (χ3n) is 2.55. The molecule has 0 spiro atoms. The molecule has 0 aliphatic heterocycles. The van der Waals surface area contributed by atoms with E-state index in [9.17, 15) is 18.0 Å². The van der Waals surface area contributed by atoms with Crippen molar-refractivity contribution in [2.24, 2.45) is 5.92 Å². The number of hydrogen-bond donors (Lipinski definition) is 2. The average Bonchev–Trinajstić information content (AvgIpc) is 2.43. The molecule has 0 heterocycles. The van der Waals surface area contributed by atoms with E-state index in [-0.39, 0.29) is 5.75 Å². The third-order valence-corrected chi connectivity index (χ3v) is 2.55. The van der Waals surface area contributed by atoms with Gasteiger partial charge < -0.3 is 20.1 Å². The second-order valence-electron chi connectivity index (χ2n) is 5.28. The van der Waals surface area contributed by atoms with Crippen LogP contribution in [-0.4, -0.2) is 32.2 Å². The summed E-state index contributed by atoms with van der Waals surface area (Å²) in [5, 5.41) is 5.14. The predicted octanol–water partition coefficient (Wildman–Crippen LogP) is 3.77. The molecule has 0 unspecified atom stereocenters. The van der Waals surface area contributed by atoms with Crippen molar-refractivity contribution < 1.29 is 27.4 Å². The zero-order valence-corrected chi connectivity index (χ0v) is 13.1. The summed E-state index contributed by atoms with van der Waals surface area (Å²) in [4.78, 5) is 11.6. The van der Waals surface area contributed by atoms with Crippen molar-refractivity contribution in [1.82, 2.24) is 5.32 Å². The molecule has 2 amide bonds. The number of carbonyl (C=O) groups excluding carboxylic acids is 1. The fraction of sp³-hybridized carbons (Fsp3) is 0.533. The van der Waals surface area contributed by atoms with E-state index < -0.39 is 12.4 Å². The first-order chi connectivity index (χ1) is 10.8. The van der Waals surface area contributed by atoms with Crippen molar-refractivity contribution in [3.05, 3.63) is 24.3 Å². The van der Waals surface area contributed by atoms with Gasteiger partial charge in [-0.2, -0.15) is 0 Å². The van der Waals surface area contributed by atoms with Gasteiger partial charge in [-0.25, -0.2) is 4.79 Å². The topological polar surface area (TPSA) is 59.6 Å². The highest BCUT2D eigenvalue weighted by molar-refractivity contribution is 5.89. The molecule has 0 saturated heterocycles. The summed E-state index contributed by atoms with van der Waals surface area (Å²) >= 11 is 0. The molecule has 130 valence electrons. The van der Waals surface area contributed by atoms with Gasteiger partial charge in [0.05, 0.1) is 0 Å². The summed E-state index contributed by atoms with van der Waals surface area (Å²) in [5.74, 6) is 0.126. The molecular weight excluding hydrogens is 313 g/mol. The van der Waals surface area contributed by atoms with E-state index in [0.29, 0.717) is 37.8 Å². The van der Waals surface area contributed by atoms with Crippen LogP contribution in [-0.2, 0) is 4.74 Å². The SMILES string of the molecule is CC(C)COCCCNC(=O)Nc1ccc(OC(F)(F)F)cc1. The first-order valence-corrected chi connectivity index (χ1v) is 7.24. The number of hydrogen-bond acceptors (Lipinski definition) is 3. The zero-order valence-electron chi connectivity index (χ0n) is 13.1. The van der Waals surface area contributed by atoms with Gasteiger partial charge in [-0.3, -0.25) is 0 Å². The number of rotatable bonds is 8. The van der Waals surface area contributed by atoms with Crippen LogP contribution in [0.2, 0.25) is 0 Å². The number of nitrogens with one attached hydrogen (secondary N) is 2. The van der Waals surface area contributed by atoms with E-state index in [4.69, 9.17) is 4.74 Å². The lowest BCUT2D eigenvalue weighted by Gasteiger charge is -2.11. The van der Waals surface area contributed by atoms with E-state index >= 15 is 0 Å². The Labute approximate surface area is 133 Å². The zero-order chi connectivity index (χ0) is 17.3. The maximum absolute atomic E-state index is 12.0. The van der Waals surface area contributed by atoms with Crippen LogP contribution in [0.25, 0.3) is 0 Å². The van der Waals surface area contributed by atoms with Crippen LogP contribution in [0.3, 0.4) is 0 Å². The van der Waals surface area contributed by atoms with Crippen LogP contribution in [0.5, 0.6) is 5.75 Å². The minimum absolute atomic E-state index is 0.342. The lowest BCUT2D eigenvalue weighted by atomic mass is 10.2. The minimum Gasteiger partial charge on any atom is -0.406 e. The van der Waals surface area contributed by atoms with Crippen molar-refractivity contribution in [1.29, 1.82) is 0 Å². The van der Waals surface area contributed by atoms with E-state index in [2.05, 4.69) is 29.2 Å². The van der Waals surface area contributed by atoms with Crippen LogP contribution < -0.4 is 15.4 Å². The number of carbonyl (C=O) groups is 1. The van der Waals surface area contributed by atoms with E-state index in [1.165, 1.54) is 12.1 Å². The first-order valence-electron chi connectivity index (χ1n) is 7.24. The normalized spacial score (nSPS) is 11.4. The smallest absolute Gasteiger partial charge is 0.406 e. The van der Waals surface area contributed by atoms with Crippen molar-refractivity contribution >= 4 is 11.7 Å². The number of urea groups is 1. The minimum atomic E-state index is -4.73. The van der Waals surface area contributed by atoms with Gasteiger partial charge in [-0.1, -0.05) is 13.8 Å². The maximum atomic E-state index is 12.0. The van der Waals surface area contributed by atoms with E-state index in [1.54, 1.807) is 0 Å². The summed E-state index contributed by atoms with van der Waals surface area (Å²) < 4.78 is 45.1. The van der Waals surface area contributed by atoms with Crippen LogP contribution in [0, 0.1) is 5.92 Å². The summed E-state index contributed by atoms with van der Waals surface area (Å²) in [6, 6.07) is 4.48. The van der Waals surface area contributed by atoms with Crippen LogP contribution >= 0.6 is 0 Å². The molecule has 0 bridgehead atoms. The van der Waals surface area contributed by atoms with Gasteiger partial charge in [0, 0.05) is 25.4 Å². The van der Waals surface area contributed by atoms with Gasteiger partial charge in [0.25, 0.3) is 0 Å². The molecule has 1 aromatic rings. The number of alkyl halides is 3. The Hall–Kier alpha value is -1.96. The molecule has 2 N–H and O–H groups in total. The van der Waals surface area contributed by atoms with Gasteiger partial charge in [0.1, 0.15) is 5.75 Å². The number of benzene rings is 1. The number of anilines is 1. The van der Waals surface area contributed by atoms with Gasteiger partial charge in [0.15, 0.2) is 0 Å². The molecule has 0 fully saturated rings. The molecule has 0 radical (unpaired) electrons. The largest absolute Gasteiger partial charge is 0.573 e. The number of halogens is 3. The average molecular weight is 334 g/mol. The van der Waals surface area contributed by atoms with E-state index in [1.807, 2.05) is 0 Å². The number of amides is 2. The Morgan fingerprint density at radius 3 is 2.43 bits per heavy atom. The molecular formula is C15H21F3N2O3. The highest BCUT2D eigenvalue weighted by atomic mass is 19.4. The monoisotopic (exact) mass is 334 g/mol. The Morgan fingerprint density at radius 2 is 1.87 bits per heavy atom. The second-order valence-corrected chi connectivity index (χ2v) is 5.28. The quantitative estimate of drug-likeness (QED) is 0.712. The lowest BCUT2D eigenvalue weighted by molar-refractivity contribution is -0.274. The lowest BCUT2D eigenvalue weighted by Crippen LogP contribution is -2.30. The first kappa shape index (κ1) is 19.1. The molecule has 1 rings (SSSR count). The summed E-state index contributed by atoms with van der Waals surface area (Å²) in [7, 11) is 0. The van der Waals surface area contributed by atoms with Crippen molar-refractivity contribution in [2.75, 3.05) is 25.1 Å². The van der Waals surface area contributed by atoms with E-state index in [0.717, 1.165) is 12.1 Å². The highest BCUT2D eigenvalue weighted by Gasteiger charge is 2.30. The fourth-order valence-corrected chi connectivity index (χ4v) is 1.61. The maximum Gasteiger partial charge on any atom is 0.573 e. The van der Waals surface area contributed by atoms with Crippen molar-refractivity contribution in [2.45, 2.75) is 26.6 Å². The molecule has 0 aromatic heterocycles. The molecule has 0 aliphatic rings. The van der Waals surface area contributed by atoms with Crippen molar-refractivity contribution in [3.8, 4) is 5.75 Å². The molecule has 0 aliphatic carbocycles. The van der Waals surface area contributed by atoms with Gasteiger partial charge in [-0.05, 0) is 36.6 Å². The molecule has 0 saturated carbocycles. The van der Waals surface area contributed by atoms with Gasteiger partial charge in [-0.15, -0.1) is 13.2 Å². The molecule has 0 atom stereocenters. The van der Waals surface area contributed by atoms with Crippen LogP contribution in [0.15, 0.2) is 24.3 Å². The second kappa shape index (κ2) is 9.24. The standard InChI is InChI=1S/C15H21F3N2O3/c1-11(2)10-22-9-3-8-19-14(21)20-12-4-6-13(7-5-12)23-15(16,17)18/h4-7,11H,3,8-10H2,1-2H3,(H2,19,20,21). The van der Waals surface area contributed by atoms with Gasteiger partial charge in [0.2, 0.25) is 0 Å². The number of ether oxygens (including phenoxy) is 2. The van der Waals surface area contributed by atoms with Gasteiger partial charge >= 0.3 is 12.4 Å². The summed E-state index contributed by atoms with van der Waals surface area (Å²) in [6.07, 6.45) is -4.05. The molecule has 8 heteroatoms. The summed E-state index contributed by atoms with van der Waals surface area (Å²) in [6.45, 7) is 5.78.